The van der Waals surface area contributed by atoms with Gasteiger partial charge in [-0.2, -0.15) is 14.6 Å². The van der Waals surface area contributed by atoms with E-state index in [4.69, 9.17) is 11.8 Å². The highest BCUT2D eigenvalue weighted by Crippen LogP contribution is 2.12. The maximum Gasteiger partial charge on any atom is 0.253 e. The van der Waals surface area contributed by atoms with Crippen LogP contribution < -0.4 is 4.90 Å². The van der Waals surface area contributed by atoms with Crippen LogP contribution in [-0.4, -0.2) is 47.9 Å². The van der Waals surface area contributed by atoms with E-state index in [-0.39, 0.29) is 5.16 Å². The van der Waals surface area contributed by atoms with Gasteiger partial charge in [0.25, 0.3) is 5.84 Å². The second-order valence-electron chi connectivity index (χ2n) is 4.30. The van der Waals surface area contributed by atoms with Gasteiger partial charge in [-0.25, -0.2) is 23.3 Å². The Morgan fingerprint density at radius 3 is 2.70 bits per heavy atom. The molecule has 0 amide bonds. The summed E-state index contributed by atoms with van der Waals surface area (Å²) in [5.41, 5.74) is 1.50. The molecule has 1 unspecified atom stereocenters. The second kappa shape index (κ2) is 4.62. The number of amidine groups is 1. The van der Waals surface area contributed by atoms with E-state index in [1.54, 1.807) is 12.4 Å². The lowest BCUT2D eigenvalue weighted by molar-refractivity contribution is -0.732. The van der Waals surface area contributed by atoms with Gasteiger partial charge < -0.3 is 0 Å². The number of sulfone groups is 1. The quantitative estimate of drug-likeness (QED) is 0.552. The van der Waals surface area contributed by atoms with Crippen molar-refractivity contribution >= 4 is 39.4 Å². The minimum absolute atomic E-state index is 0.199. The lowest BCUT2D eigenvalue weighted by Gasteiger charge is -2.22. The molecule has 0 radical (unpaired) electrons. The van der Waals surface area contributed by atoms with Gasteiger partial charge in [-0.3, -0.25) is 0 Å². The van der Waals surface area contributed by atoms with E-state index in [1.807, 2.05) is 0 Å². The van der Waals surface area contributed by atoms with Gasteiger partial charge in [0.15, 0.2) is 12.4 Å². The van der Waals surface area contributed by atoms with E-state index in [1.165, 1.54) is 16.9 Å². The van der Waals surface area contributed by atoms with Gasteiger partial charge in [-0.1, -0.05) is 0 Å². The molecule has 20 heavy (non-hydrogen) atoms. The van der Waals surface area contributed by atoms with Crippen molar-refractivity contribution < 1.29 is 13.3 Å². The van der Waals surface area contributed by atoms with Gasteiger partial charge in [0, 0.05) is 30.4 Å². The van der Waals surface area contributed by atoms with Gasteiger partial charge in [0.1, 0.15) is 6.21 Å². The molecule has 1 atom stereocenters. The van der Waals surface area contributed by atoms with E-state index in [0.29, 0.717) is 12.2 Å². The highest BCUT2D eigenvalue weighted by molar-refractivity contribution is 7.90. The molecular formula is C10H10ClN6O2S+. The average Bonchev–Trinajstić information content (AvgIpc) is 2.81. The van der Waals surface area contributed by atoms with Crippen molar-refractivity contribution in [1.82, 2.24) is 14.5 Å². The second-order valence-corrected chi connectivity index (χ2v) is 6.60. The number of nitrogens with zero attached hydrogens (tertiary/aromatic N) is 5. The minimum atomic E-state index is -3.40. The molecule has 0 bridgehead atoms. The summed E-state index contributed by atoms with van der Waals surface area (Å²) in [5.74, 6) is 0.740. The molecule has 0 saturated carbocycles. The molecule has 2 aliphatic rings. The van der Waals surface area contributed by atoms with Crippen LogP contribution in [0.15, 0.2) is 33.8 Å². The van der Waals surface area contributed by atoms with Crippen LogP contribution in [0.3, 0.4) is 0 Å². The third-order valence-corrected chi connectivity index (χ3v) is 3.91. The molecule has 3 heterocycles. The molecule has 1 aromatic heterocycles. The number of hydrogen-bond acceptors (Lipinski definition) is 7. The van der Waals surface area contributed by atoms with E-state index >= 15 is 0 Å². The number of fused-ring (bicyclic) bond motifs is 1. The highest BCUT2D eigenvalue weighted by Gasteiger charge is 2.32. The Bertz CT molecular complexity index is 740. The van der Waals surface area contributed by atoms with Gasteiger partial charge in [0.05, 0.1) is 11.8 Å². The largest absolute Gasteiger partial charge is 0.253 e. The Hall–Kier alpha value is -1.84. The maximum atomic E-state index is 11.3. The summed E-state index contributed by atoms with van der Waals surface area (Å²) in [6.07, 6.45) is 7.23. The zero-order valence-corrected chi connectivity index (χ0v) is 11.9. The highest BCUT2D eigenvalue weighted by atomic mass is 35.5. The van der Waals surface area contributed by atoms with Crippen molar-refractivity contribution in [3.05, 3.63) is 24.2 Å². The first-order valence-corrected chi connectivity index (χ1v) is 7.82. The summed E-state index contributed by atoms with van der Waals surface area (Å²) in [7, 11) is -3.40. The zero-order chi connectivity index (χ0) is 14.3. The predicted octanol–water partition coefficient (Wildman–Crippen LogP) is -1.11. The molecule has 0 spiro atoms. The number of rotatable bonds is 2. The zero-order valence-electron chi connectivity index (χ0n) is 10.4. The van der Waals surface area contributed by atoms with Crippen LogP contribution in [0.25, 0.3) is 5.70 Å². The first-order valence-electron chi connectivity index (χ1n) is 5.59. The molecule has 0 aromatic carbocycles. The summed E-state index contributed by atoms with van der Waals surface area (Å²) in [5, 5.41) is 3.73. The first-order chi connectivity index (χ1) is 9.45. The summed E-state index contributed by atoms with van der Waals surface area (Å²) in [4.78, 5) is 12.9. The fraction of sp³-hybridized carbons (Fsp3) is 0.200. The van der Waals surface area contributed by atoms with Crippen molar-refractivity contribution in [2.24, 2.45) is 10.1 Å². The Morgan fingerprint density at radius 1 is 1.35 bits per heavy atom. The third-order valence-electron chi connectivity index (χ3n) is 2.83. The predicted molar refractivity (Wildman–Crippen MR) is 72.6 cm³/mol. The molecule has 3 rings (SSSR count). The molecule has 8 nitrogen and oxygen atoms in total. The average molecular weight is 314 g/mol. The SMILES string of the molecule is CS(=O)(=O)c1ncc(C2=CN=C3C=NN(Cl)C[NH+]23)cn1. The number of halogens is 1. The van der Waals surface area contributed by atoms with Crippen molar-refractivity contribution in [1.29, 1.82) is 0 Å². The van der Waals surface area contributed by atoms with Gasteiger partial charge in [0.2, 0.25) is 15.0 Å². The standard InChI is InChI=1S/C10H9ClN6O2S/c1-20(18,19)10-13-2-7(3-14-10)8-4-12-9-5-15-17(11)6-16(8)9/h2-5H,6H2,1H3/p+1. The summed E-state index contributed by atoms with van der Waals surface area (Å²) in [6.45, 7) is 0.413. The van der Waals surface area contributed by atoms with Gasteiger partial charge in [-0.15, -0.1) is 0 Å². The van der Waals surface area contributed by atoms with E-state index < -0.39 is 9.84 Å². The Labute approximate surface area is 120 Å². The van der Waals surface area contributed by atoms with E-state index in [9.17, 15) is 8.42 Å². The third kappa shape index (κ3) is 2.30. The van der Waals surface area contributed by atoms with Crippen molar-refractivity contribution in [3.8, 4) is 0 Å². The molecule has 0 fully saturated rings. The minimum Gasteiger partial charge on any atom is -0.231 e. The van der Waals surface area contributed by atoms with Crippen LogP contribution in [0.5, 0.6) is 0 Å². The number of aliphatic imine (C=N–C) groups is 1. The van der Waals surface area contributed by atoms with Gasteiger partial charge in [-0.05, 0) is 0 Å². The van der Waals surface area contributed by atoms with Crippen LogP contribution in [-0.2, 0) is 9.84 Å². The molecule has 2 aliphatic heterocycles. The van der Waals surface area contributed by atoms with E-state index in [0.717, 1.165) is 22.7 Å². The van der Waals surface area contributed by atoms with Crippen molar-refractivity contribution in [2.75, 3.05) is 12.9 Å². The summed E-state index contributed by atoms with van der Waals surface area (Å²) < 4.78 is 23.9. The molecule has 104 valence electrons. The lowest BCUT2D eigenvalue weighted by atomic mass is 10.2. The van der Waals surface area contributed by atoms with Crippen LogP contribution in [0.1, 0.15) is 5.56 Å². The van der Waals surface area contributed by atoms with Gasteiger partial charge >= 0.3 is 0 Å². The Kier molecular flexibility index (Phi) is 3.04. The van der Waals surface area contributed by atoms with Crippen LogP contribution in [0, 0.1) is 0 Å². The normalized spacial score (nSPS) is 21.5. The fourth-order valence-corrected chi connectivity index (χ4v) is 2.54. The van der Waals surface area contributed by atoms with Crippen LogP contribution in [0.2, 0.25) is 0 Å². The Morgan fingerprint density at radius 2 is 2.05 bits per heavy atom. The topological polar surface area (TPSA) is 92.3 Å². The molecule has 1 aromatic rings. The maximum absolute atomic E-state index is 11.3. The number of hydrazone groups is 1. The fourth-order valence-electron chi connectivity index (χ4n) is 1.89. The molecule has 0 aliphatic carbocycles. The lowest BCUT2D eigenvalue weighted by Crippen LogP contribution is -3.13. The molecule has 10 heteroatoms. The number of aromatic nitrogens is 2. The monoisotopic (exact) mass is 313 g/mol. The summed E-state index contributed by atoms with van der Waals surface area (Å²) in [6, 6.07) is 0. The number of hydrogen-bond donors (Lipinski definition) is 1. The Balaban J connectivity index is 1.90. The molecular weight excluding hydrogens is 304 g/mol. The summed E-state index contributed by atoms with van der Waals surface area (Å²) >= 11 is 5.84. The van der Waals surface area contributed by atoms with Crippen molar-refractivity contribution in [3.63, 3.8) is 0 Å². The smallest absolute Gasteiger partial charge is 0.231 e. The van der Waals surface area contributed by atoms with Crippen LogP contribution >= 0.6 is 11.8 Å². The number of quaternary nitrogens is 1. The molecule has 1 N–H and O–H groups in total. The first kappa shape index (κ1) is 13.2. The van der Waals surface area contributed by atoms with Crippen LogP contribution in [0.4, 0.5) is 0 Å². The van der Waals surface area contributed by atoms with E-state index in [2.05, 4.69) is 20.1 Å². The number of nitrogens with one attached hydrogen (secondary N) is 1. The molecule has 0 saturated heterocycles. The van der Waals surface area contributed by atoms with Crippen molar-refractivity contribution in [2.45, 2.75) is 5.16 Å².